The van der Waals surface area contributed by atoms with E-state index in [1.54, 1.807) is 0 Å². The van der Waals surface area contributed by atoms with Gasteiger partial charge in [0, 0.05) is 65.3 Å². The molecule has 0 heterocycles. The normalized spacial score (nSPS) is 50.1. The average Bonchev–Trinajstić information content (AvgIpc) is 3.09. The molecule has 0 aliphatic carbocycles. The number of rotatable bonds is 20. The minimum atomic E-state index is -5.44. The van der Waals surface area contributed by atoms with Crippen LogP contribution >= 0.6 is 0 Å². The Morgan fingerprint density at radius 1 is 0.625 bits per heavy atom. The van der Waals surface area contributed by atoms with Gasteiger partial charge in [-0.15, -0.1) is 0 Å². The molecule has 2 nitrogen and oxygen atoms in total. The van der Waals surface area contributed by atoms with E-state index in [1.807, 2.05) is 0 Å². The summed E-state index contributed by atoms with van der Waals surface area (Å²) in [6.07, 6.45) is -103. The lowest BCUT2D eigenvalue weighted by atomic mass is 10.0. The van der Waals surface area contributed by atoms with E-state index < -0.39 is 140 Å². The van der Waals surface area contributed by atoms with Crippen molar-refractivity contribution in [2.45, 2.75) is 134 Å². The molecule has 0 saturated carbocycles. The molecule has 0 aliphatic heterocycles. The van der Waals surface area contributed by atoms with Crippen molar-refractivity contribution >= 4 is 5.97 Å². The fourth-order valence-electron chi connectivity index (χ4n) is 0.616. The van der Waals surface area contributed by atoms with E-state index in [1.165, 1.54) is 0 Å². The van der Waals surface area contributed by atoms with E-state index in [-0.39, 0.29) is 0 Å². The molecule has 0 amide bonds. The molecule has 0 aromatic heterocycles. The Bertz CT molecular complexity index is 1840. The lowest BCUT2D eigenvalue weighted by Gasteiger charge is -2.03. The van der Waals surface area contributed by atoms with E-state index in [2.05, 4.69) is 0 Å². The summed E-state index contributed by atoms with van der Waals surface area (Å²) in [5.74, 6) is -2.86. The molecule has 0 radical (unpaired) electrons. The summed E-state index contributed by atoms with van der Waals surface area (Å²) in [6.45, 7) is -4.21. The summed E-state index contributed by atoms with van der Waals surface area (Å²) in [6, 6.07) is 0. The molecule has 24 heavy (non-hydrogen) atoms. The highest BCUT2D eigenvalue weighted by atomic mass is 16.4. The van der Waals surface area contributed by atoms with Gasteiger partial charge in [0.2, 0.25) is 0 Å². The Hall–Kier alpha value is -0.530. The van der Waals surface area contributed by atoms with Gasteiger partial charge >= 0.3 is 5.97 Å². The summed E-state index contributed by atoms with van der Waals surface area (Å²) in [4.78, 5) is 11.4. The van der Waals surface area contributed by atoms with Crippen molar-refractivity contribution in [3.05, 3.63) is 0 Å². The minimum Gasteiger partial charge on any atom is -0.481 e. The lowest BCUT2D eigenvalue weighted by Crippen LogP contribution is -1.93. The zero-order valence-corrected chi connectivity index (χ0v) is 11.9. The van der Waals surface area contributed by atoms with Gasteiger partial charge in [-0.1, -0.05) is 122 Å². The largest absolute Gasteiger partial charge is 0.481 e. The quantitative estimate of drug-likeness (QED) is 0.232. The SMILES string of the molecule is [2H]C([2H])([2H])C([2H])([2H])C([2H])([2H])C([2H])([2H])C([2H])([2H])C([2H])([2H])C([2H])([2H])C([2H])([2H])C([2H])([2H])C([2H])([2H])C([2H])([2H])C([2H])([2H])C([2H])([2H])C([2H])([2H])C([2H])([2H])C([2H])([2H])C([2H])([2H])C([2H])([2H])C([2H])([2H])C([2H])([2H])C([2H])([2H])C(=O)O. The monoisotopic (exact) mass is 384 g/mol. The second-order valence-corrected chi connectivity index (χ2v) is 2.81. The van der Waals surface area contributed by atoms with Gasteiger partial charge in [0.1, 0.15) is 0 Å². The Morgan fingerprint density at radius 2 is 0.917 bits per heavy atom. The van der Waals surface area contributed by atoms with Gasteiger partial charge in [0.05, 0.1) is 0 Å². The predicted octanol–water partition coefficient (Wildman–Crippen LogP) is 7.89. The van der Waals surface area contributed by atoms with Crippen LogP contribution in [0.5, 0.6) is 0 Å². The third-order valence-electron chi connectivity index (χ3n) is 1.29. The third-order valence-corrected chi connectivity index (χ3v) is 1.29. The summed E-state index contributed by atoms with van der Waals surface area (Å²) in [5.41, 5.74) is 0. The van der Waals surface area contributed by atoms with Crippen LogP contribution in [0.4, 0.5) is 0 Å². The standard InChI is InChI=1S/C22H44O2/c1-2-3-4-5-6-7-8-9-10-11-12-13-14-15-16-17-18-19-20-21-22(23)24/h2-21H2,1H3,(H,23,24)/i1D3,2D2,3D2,4D2,5D2,6D2,7D2,8D2,9D2,10D2,11D2,12D2,13D2,14D2,15D2,16D2,17D2,18D2,19D2,20D2,21D2. The molecule has 0 bridgehead atoms. The Kier molecular flexibility index (Phi) is 2.36. The minimum absolute atomic E-state index is 2.86. The average molecular weight is 384 g/mol. The molecule has 1 N–H and O–H groups in total. The second kappa shape index (κ2) is 20.5. The maximum Gasteiger partial charge on any atom is 0.303 e. The fraction of sp³-hybridized carbons (Fsp3) is 0.955. The van der Waals surface area contributed by atoms with Crippen molar-refractivity contribution in [2.75, 3.05) is 0 Å². The number of carboxylic acid groups (broad SMARTS) is 1. The fourth-order valence-corrected chi connectivity index (χ4v) is 0.616. The first-order chi connectivity index (χ1) is 27.9. The molecule has 0 fully saturated rings. The molecule has 0 unspecified atom stereocenters. The van der Waals surface area contributed by atoms with Crippen molar-refractivity contribution in [1.82, 2.24) is 0 Å². The van der Waals surface area contributed by atoms with Crippen LogP contribution in [0.1, 0.15) is 193 Å². The molecule has 0 atom stereocenters. The van der Waals surface area contributed by atoms with E-state index in [0.29, 0.717) is 0 Å². The van der Waals surface area contributed by atoms with Gasteiger partial charge in [-0.05, 0) is 6.37 Å². The van der Waals surface area contributed by atoms with Crippen LogP contribution in [0.2, 0.25) is 0 Å². The molecule has 2 heteroatoms. The first-order valence-electron chi connectivity index (χ1n) is 27.2. The van der Waals surface area contributed by atoms with Crippen LogP contribution < -0.4 is 0 Å². The molecule has 0 spiro atoms. The zero-order chi connectivity index (χ0) is 56.1. The Balaban J connectivity index is 8.07. The van der Waals surface area contributed by atoms with Crippen LogP contribution in [-0.4, -0.2) is 11.1 Å². The molecule has 0 aromatic rings. The predicted molar refractivity (Wildman–Crippen MR) is 106 cm³/mol. The van der Waals surface area contributed by atoms with E-state index in [9.17, 15) is 4.79 Å². The highest BCUT2D eigenvalue weighted by Crippen LogP contribution is 2.14. The molecule has 0 rings (SSSR count). The summed E-state index contributed by atoms with van der Waals surface area (Å²) in [5, 5.41) is 9.13. The van der Waals surface area contributed by atoms with Crippen LogP contribution in [0.3, 0.4) is 0 Å². The van der Waals surface area contributed by atoms with Crippen LogP contribution in [0, 0.1) is 0 Å². The van der Waals surface area contributed by atoms with Crippen molar-refractivity contribution < 1.29 is 68.8 Å². The van der Waals surface area contributed by atoms with Gasteiger partial charge in [0.25, 0.3) is 0 Å². The zero-order valence-electron chi connectivity index (χ0n) is 54.9. The number of hydrogen-bond acceptors (Lipinski definition) is 1. The molecular weight excluding hydrogens is 296 g/mol. The molecule has 144 valence electrons. The van der Waals surface area contributed by atoms with Crippen molar-refractivity contribution in [3.63, 3.8) is 0 Å². The van der Waals surface area contributed by atoms with Crippen molar-refractivity contribution in [1.29, 1.82) is 0 Å². The maximum absolute atomic E-state index is 11.4. The Labute approximate surface area is 212 Å². The number of aliphatic carboxylic acids is 1. The van der Waals surface area contributed by atoms with Crippen LogP contribution in [0.15, 0.2) is 0 Å². The molecular formula is C22H44O2. The lowest BCUT2D eigenvalue weighted by molar-refractivity contribution is -0.137. The van der Waals surface area contributed by atoms with Crippen molar-refractivity contribution in [3.8, 4) is 0 Å². The topological polar surface area (TPSA) is 37.3 Å². The first kappa shape index (κ1) is 2.76. The van der Waals surface area contributed by atoms with Crippen LogP contribution in [-0.2, 0) is 4.79 Å². The van der Waals surface area contributed by atoms with E-state index >= 15 is 0 Å². The molecule has 0 aliphatic rings. The van der Waals surface area contributed by atoms with E-state index in [0.717, 1.165) is 0 Å². The summed E-state index contributed by atoms with van der Waals surface area (Å²) >= 11 is 0. The summed E-state index contributed by atoms with van der Waals surface area (Å²) in [7, 11) is 0. The van der Waals surface area contributed by atoms with Crippen LogP contribution in [0.25, 0.3) is 0 Å². The van der Waals surface area contributed by atoms with Gasteiger partial charge in [0.15, 0.2) is 0 Å². The summed E-state index contributed by atoms with van der Waals surface area (Å²) < 4.78 is 346. The number of carbonyl (C=O) groups is 1. The molecule has 0 saturated heterocycles. The number of hydrogen-bond donors (Lipinski definition) is 1. The smallest absolute Gasteiger partial charge is 0.303 e. The third kappa shape index (κ3) is 21.5. The van der Waals surface area contributed by atoms with Gasteiger partial charge in [-0.25, -0.2) is 0 Å². The van der Waals surface area contributed by atoms with Gasteiger partial charge in [-0.2, -0.15) is 0 Å². The maximum atomic E-state index is 11.4. The number of carboxylic acids is 1. The molecule has 0 aromatic carbocycles. The van der Waals surface area contributed by atoms with Gasteiger partial charge < -0.3 is 5.11 Å². The Morgan fingerprint density at radius 3 is 1.21 bits per heavy atom. The second-order valence-electron chi connectivity index (χ2n) is 2.81. The highest BCUT2D eigenvalue weighted by molar-refractivity contribution is 5.66. The highest BCUT2D eigenvalue weighted by Gasteiger charge is 1.97. The van der Waals surface area contributed by atoms with Crippen molar-refractivity contribution in [2.24, 2.45) is 0 Å². The van der Waals surface area contributed by atoms with Gasteiger partial charge in [-0.3, -0.25) is 4.79 Å². The van der Waals surface area contributed by atoms with E-state index in [4.69, 9.17) is 64.0 Å². The first-order valence-corrected chi connectivity index (χ1v) is 5.68.